The van der Waals surface area contributed by atoms with Crippen LogP contribution in [0.2, 0.25) is 0 Å². The van der Waals surface area contributed by atoms with Gasteiger partial charge in [-0.25, -0.2) is 4.79 Å². The van der Waals surface area contributed by atoms with E-state index in [2.05, 4.69) is 0 Å². The molecule has 0 atom stereocenters. The first-order valence-electron chi connectivity index (χ1n) is 7.18. The fourth-order valence-electron chi connectivity index (χ4n) is 1.74. The van der Waals surface area contributed by atoms with Crippen LogP contribution < -0.4 is 0 Å². The van der Waals surface area contributed by atoms with Gasteiger partial charge in [-0.2, -0.15) is 0 Å². The Hall–Kier alpha value is -2.17. The van der Waals surface area contributed by atoms with Crippen molar-refractivity contribution in [1.82, 2.24) is 4.90 Å². The number of hydrogen-bond donors (Lipinski definition) is 0. The topological polar surface area (TPSA) is 63.7 Å². The Kier molecular flexibility index (Phi) is 5.85. The zero-order valence-corrected chi connectivity index (χ0v) is 13.8. The lowest BCUT2D eigenvalue weighted by atomic mass is 10.0. The second-order valence-electron chi connectivity index (χ2n) is 6.21. The molecule has 120 valence electrons. The maximum atomic E-state index is 12.1. The Labute approximate surface area is 131 Å². The zero-order chi connectivity index (χ0) is 16.9. The number of ketones is 2. The molecule has 0 saturated heterocycles. The van der Waals surface area contributed by atoms with Crippen LogP contribution in [0.5, 0.6) is 0 Å². The fraction of sp³-hybridized carbons (Fsp3) is 0.471. The fourth-order valence-corrected chi connectivity index (χ4v) is 1.74. The molecule has 0 unspecified atom stereocenters. The first-order chi connectivity index (χ1) is 10.1. The summed E-state index contributed by atoms with van der Waals surface area (Å²) in [5.41, 5.74) is 0.544. The number of ether oxygens (including phenoxy) is 1. The third-order valence-corrected chi connectivity index (χ3v) is 2.99. The van der Waals surface area contributed by atoms with E-state index in [4.69, 9.17) is 4.74 Å². The Balaban J connectivity index is 2.55. The van der Waals surface area contributed by atoms with E-state index >= 15 is 0 Å². The average Bonchev–Trinajstić information content (AvgIpc) is 2.42. The van der Waals surface area contributed by atoms with E-state index in [1.165, 1.54) is 11.8 Å². The lowest BCUT2D eigenvalue weighted by Crippen LogP contribution is -2.35. The predicted octanol–water partition coefficient (Wildman–Crippen LogP) is 3.33. The zero-order valence-electron chi connectivity index (χ0n) is 13.8. The first kappa shape index (κ1) is 17.9. The molecule has 0 aliphatic rings. The van der Waals surface area contributed by atoms with Gasteiger partial charge in [0.25, 0.3) is 0 Å². The highest BCUT2D eigenvalue weighted by Gasteiger charge is 2.20. The molecule has 0 aromatic heterocycles. The summed E-state index contributed by atoms with van der Waals surface area (Å²) >= 11 is 0. The molecule has 0 bridgehead atoms. The molecule has 22 heavy (non-hydrogen) atoms. The van der Waals surface area contributed by atoms with Crippen LogP contribution in [0.25, 0.3) is 0 Å². The first-order valence-corrected chi connectivity index (χ1v) is 7.18. The van der Waals surface area contributed by atoms with Crippen LogP contribution in [0.15, 0.2) is 24.3 Å². The van der Waals surface area contributed by atoms with Crippen molar-refractivity contribution in [3.63, 3.8) is 0 Å². The van der Waals surface area contributed by atoms with Crippen LogP contribution in [0, 0.1) is 0 Å². The standard InChI is InChI=1S/C17H23NO4/c1-12(19)13-6-8-14(9-7-13)15(20)10-11-18(5)16(21)22-17(2,3)4/h6-9H,10-11H2,1-5H3. The number of rotatable bonds is 5. The smallest absolute Gasteiger partial charge is 0.410 e. The van der Waals surface area contributed by atoms with E-state index in [9.17, 15) is 14.4 Å². The van der Waals surface area contributed by atoms with Crippen LogP contribution in [-0.2, 0) is 4.74 Å². The highest BCUT2D eigenvalue weighted by atomic mass is 16.6. The number of nitrogens with zero attached hydrogens (tertiary/aromatic N) is 1. The quantitative estimate of drug-likeness (QED) is 0.783. The summed E-state index contributed by atoms with van der Waals surface area (Å²) in [4.78, 5) is 36.4. The molecule has 1 aromatic carbocycles. The molecule has 5 heteroatoms. The minimum atomic E-state index is -0.558. The van der Waals surface area contributed by atoms with Crippen LogP contribution in [0.3, 0.4) is 0 Å². The number of amides is 1. The van der Waals surface area contributed by atoms with Crippen molar-refractivity contribution in [2.75, 3.05) is 13.6 Å². The van der Waals surface area contributed by atoms with Crippen molar-refractivity contribution in [3.8, 4) is 0 Å². The van der Waals surface area contributed by atoms with Gasteiger partial charge in [0.2, 0.25) is 0 Å². The van der Waals surface area contributed by atoms with Gasteiger partial charge in [-0.15, -0.1) is 0 Å². The summed E-state index contributed by atoms with van der Waals surface area (Å²) in [7, 11) is 1.60. The van der Waals surface area contributed by atoms with E-state index in [0.29, 0.717) is 11.1 Å². The van der Waals surface area contributed by atoms with Crippen LogP contribution >= 0.6 is 0 Å². The Morgan fingerprint density at radius 3 is 2.00 bits per heavy atom. The molecule has 0 aliphatic heterocycles. The SMILES string of the molecule is CC(=O)c1ccc(C(=O)CCN(C)C(=O)OC(C)(C)C)cc1. The van der Waals surface area contributed by atoms with Crippen LogP contribution in [-0.4, -0.2) is 41.8 Å². The summed E-state index contributed by atoms with van der Waals surface area (Å²) < 4.78 is 5.22. The minimum Gasteiger partial charge on any atom is -0.444 e. The molecule has 0 aliphatic carbocycles. The van der Waals surface area contributed by atoms with Gasteiger partial charge in [0.05, 0.1) is 0 Å². The number of carbonyl (C=O) groups is 3. The maximum Gasteiger partial charge on any atom is 0.410 e. The molecular formula is C17H23NO4. The molecule has 0 fully saturated rings. The van der Waals surface area contributed by atoms with Crippen molar-refractivity contribution in [3.05, 3.63) is 35.4 Å². The monoisotopic (exact) mass is 305 g/mol. The second-order valence-corrected chi connectivity index (χ2v) is 6.21. The van der Waals surface area contributed by atoms with Crippen LogP contribution in [0.4, 0.5) is 4.79 Å². The van der Waals surface area contributed by atoms with Crippen LogP contribution in [0.1, 0.15) is 54.8 Å². The van der Waals surface area contributed by atoms with Crippen molar-refractivity contribution in [1.29, 1.82) is 0 Å². The molecule has 0 spiro atoms. The third-order valence-electron chi connectivity index (χ3n) is 2.99. The van der Waals surface area contributed by atoms with Gasteiger partial charge < -0.3 is 9.64 Å². The second kappa shape index (κ2) is 7.20. The average molecular weight is 305 g/mol. The Morgan fingerprint density at radius 1 is 1.05 bits per heavy atom. The molecule has 0 heterocycles. The number of Topliss-reactive ketones (excluding diaryl/α,β-unsaturated/α-hetero) is 2. The molecule has 5 nitrogen and oxygen atoms in total. The van der Waals surface area contributed by atoms with E-state index in [-0.39, 0.29) is 24.5 Å². The van der Waals surface area contributed by atoms with Gasteiger partial charge in [0.15, 0.2) is 11.6 Å². The molecule has 0 saturated carbocycles. The van der Waals surface area contributed by atoms with Gasteiger partial charge in [-0.3, -0.25) is 9.59 Å². The summed E-state index contributed by atoms with van der Waals surface area (Å²) in [6.07, 6.45) is -0.248. The van der Waals surface area contributed by atoms with Gasteiger partial charge in [-0.1, -0.05) is 24.3 Å². The molecule has 1 amide bonds. The summed E-state index contributed by atoms with van der Waals surface area (Å²) in [5, 5.41) is 0. The Bertz CT molecular complexity index is 555. The number of hydrogen-bond acceptors (Lipinski definition) is 4. The third kappa shape index (κ3) is 5.68. The van der Waals surface area contributed by atoms with E-state index in [0.717, 1.165) is 0 Å². The van der Waals surface area contributed by atoms with Gasteiger partial charge >= 0.3 is 6.09 Å². The molecule has 1 rings (SSSR count). The van der Waals surface area contributed by atoms with E-state index in [1.54, 1.807) is 52.1 Å². The minimum absolute atomic E-state index is 0.0383. The molecule has 1 aromatic rings. The highest BCUT2D eigenvalue weighted by molar-refractivity contribution is 5.98. The largest absolute Gasteiger partial charge is 0.444 e. The highest BCUT2D eigenvalue weighted by Crippen LogP contribution is 2.11. The van der Waals surface area contributed by atoms with Gasteiger partial charge in [-0.05, 0) is 27.7 Å². The van der Waals surface area contributed by atoms with Gasteiger partial charge in [0.1, 0.15) is 5.60 Å². The normalized spacial score (nSPS) is 11.0. The van der Waals surface area contributed by atoms with Crippen molar-refractivity contribution >= 4 is 17.7 Å². The van der Waals surface area contributed by atoms with Crippen molar-refractivity contribution in [2.45, 2.75) is 39.7 Å². The van der Waals surface area contributed by atoms with E-state index < -0.39 is 11.7 Å². The van der Waals surface area contributed by atoms with Gasteiger partial charge in [0, 0.05) is 31.1 Å². The van der Waals surface area contributed by atoms with Crippen molar-refractivity contribution < 1.29 is 19.1 Å². The van der Waals surface area contributed by atoms with E-state index in [1.807, 2.05) is 0 Å². The summed E-state index contributed by atoms with van der Waals surface area (Å²) in [6.45, 7) is 7.14. The maximum absolute atomic E-state index is 12.1. The molecule has 0 N–H and O–H groups in total. The Morgan fingerprint density at radius 2 is 1.55 bits per heavy atom. The summed E-state index contributed by atoms with van der Waals surface area (Å²) in [6, 6.07) is 6.53. The number of carbonyl (C=O) groups excluding carboxylic acids is 3. The molecular weight excluding hydrogens is 282 g/mol. The summed E-state index contributed by atoms with van der Waals surface area (Å²) in [5.74, 6) is -0.117. The lowest BCUT2D eigenvalue weighted by Gasteiger charge is -2.24. The predicted molar refractivity (Wildman–Crippen MR) is 84.3 cm³/mol. The van der Waals surface area contributed by atoms with Crippen molar-refractivity contribution in [2.24, 2.45) is 0 Å². The molecule has 0 radical (unpaired) electrons. The number of benzene rings is 1. The lowest BCUT2D eigenvalue weighted by molar-refractivity contribution is 0.0298.